The molecule has 15 rings (SSSR count). The largest absolute Gasteiger partial charge is 1.00 e. The van der Waals surface area contributed by atoms with Gasteiger partial charge < -0.3 is 101 Å². The molecule has 632 valence electrons. The number of nitrogens with one attached hydrogen (secondary N) is 14. The number of amides is 11. The van der Waals surface area contributed by atoms with Gasteiger partial charge in [-0.1, -0.05) is 30.3 Å². The highest BCUT2D eigenvalue weighted by Crippen LogP contribution is 2.47. The van der Waals surface area contributed by atoms with Gasteiger partial charge in [0, 0.05) is 111 Å². The van der Waals surface area contributed by atoms with Crippen molar-refractivity contribution in [3.05, 3.63) is 205 Å². The van der Waals surface area contributed by atoms with Gasteiger partial charge in [0.25, 0.3) is 65.0 Å². The minimum atomic E-state index is -1.13. The molecule has 30 heteroatoms. The lowest BCUT2D eigenvalue weighted by Gasteiger charge is -2.36. The number of likely N-dealkylation sites (tertiary alicyclic amines) is 1. The molecule has 120 heavy (non-hydrogen) atoms. The molecule has 9 aliphatic rings. The highest BCUT2D eigenvalue weighted by Gasteiger charge is 2.43. The molecule has 6 aromatic carbocycles. The zero-order valence-electron chi connectivity index (χ0n) is 68.3. The molecule has 8 heterocycles. The summed E-state index contributed by atoms with van der Waals surface area (Å²) < 4.78 is 9.47. The Morgan fingerprint density at radius 3 is 1.12 bits per heavy atom. The fraction of sp³-hybridized carbons (Fsp3) is 0.444. The molecule has 11 amide bonds. The number of ether oxygens (including phenoxy) is 1. The van der Waals surface area contributed by atoms with Gasteiger partial charge in [-0.15, -0.1) is 0 Å². The van der Waals surface area contributed by atoms with Gasteiger partial charge in [0.15, 0.2) is 5.71 Å². The molecule has 14 N–H and O–H groups in total. The first-order valence-electron chi connectivity index (χ1n) is 42.5. The van der Waals surface area contributed by atoms with Gasteiger partial charge in [0.05, 0.1) is 66.8 Å². The van der Waals surface area contributed by atoms with Crippen LogP contribution in [-0.2, 0) is 0 Å². The van der Waals surface area contributed by atoms with Gasteiger partial charge in [-0.3, -0.25) is 52.7 Å². The van der Waals surface area contributed by atoms with E-state index in [-0.39, 0.29) is 87.2 Å². The van der Waals surface area contributed by atoms with Crippen molar-refractivity contribution < 1.29 is 74.5 Å². The van der Waals surface area contributed by atoms with Gasteiger partial charge in [-0.2, -0.15) is 0 Å². The molecule has 8 aliphatic heterocycles. The number of carbonyl (C=O) groups excluding carboxylic acids is 11. The Morgan fingerprint density at radius 2 is 0.767 bits per heavy atom. The van der Waals surface area contributed by atoms with E-state index in [1.54, 1.807) is 53.4 Å². The SMILES string of the molecule is CCN(CC)c1ccc2c(c1)OC1CC(=[N+](CC)CC)CCC1=C2c1ccccc1C(=O)N1C[C@H](NC(=O)c2cc3cc(c2)C(=O)N[C@H]2CCNCC[C@@H]2NC(=O)c2cccc(c2)C(=O)N[C@H]2CCNCC[C@@H]2NC3=O)[C@@H](NC(=O)c2cc3cc(c2)C(=O)N[C@H]2CCNCC[C@@H]2NC(=O)c2cccc(c2)C(=O)N[C@H]2CCNCC[C@@H]2NC3=O)C1.[Cl-]. The summed E-state index contributed by atoms with van der Waals surface area (Å²) >= 11 is 0. The van der Waals surface area contributed by atoms with Crippen LogP contribution < -0.4 is 96.5 Å². The molecular weight excluding hydrogens is 1550 g/mol. The van der Waals surface area contributed by atoms with Crippen molar-refractivity contribution in [1.29, 1.82) is 0 Å². The van der Waals surface area contributed by atoms with Gasteiger partial charge in [-0.25, -0.2) is 4.58 Å². The second-order valence-corrected chi connectivity index (χ2v) is 32.4. The van der Waals surface area contributed by atoms with Crippen molar-refractivity contribution in [2.75, 3.05) is 96.5 Å². The fourth-order valence-corrected chi connectivity index (χ4v) is 18.5. The molecule has 11 atom stereocenters. The number of fused-ring (bicyclic) bond motifs is 14. The number of carbonyl (C=O) groups is 11. The third-order valence-corrected chi connectivity index (χ3v) is 25.1. The van der Waals surface area contributed by atoms with Crippen molar-refractivity contribution in [1.82, 2.24) is 79.3 Å². The van der Waals surface area contributed by atoms with E-state index in [9.17, 15) is 19.2 Å². The lowest BCUT2D eigenvalue weighted by Crippen LogP contribution is -3.00. The summed E-state index contributed by atoms with van der Waals surface area (Å²) in [5, 5.41) is 44.7. The van der Waals surface area contributed by atoms with Crippen molar-refractivity contribution in [3.63, 3.8) is 0 Å². The standard InChI is InChI=1S/C90H107N17O12.ClH/c1-5-105(6-2)61-19-21-65-77(47-61)119-78-48-62(106(7-3)8-4)20-22-66(78)79(65)63-17-9-10-18-64(63)90(118)107-49-75(103-88(116)59-43-55-41-56(44-59)85(113)100-72-28-36-92-32-24-68(72)96-81(109)52-14-11-13-51(39-52)80(108)95-67-23-31-91-35-27-71(67)99-84(55)112)76(50-107)104-89(117)60-45-57-42-58(46-60)87(115)102-74-30-38-94-34-26-70(74)98-83(111)54-16-12-15-53(40-54)82(110)97-69-25-33-93-37-29-73(69)101-86(57)114;/h9-19,21,39-47,67-76,78,91-94H,5-8,20,22-38,48-50H2,1-4H3,(H9-,95,96,97,98,99,100,101,102,103,104,108,109,110,111,112,113,114,115,116,117);1H/t67-,68-,69-,70-,71-,72-,73-,74-,75-,76-,78?;/m0./s1. The second-order valence-electron chi connectivity index (χ2n) is 32.4. The molecule has 6 aromatic rings. The van der Waals surface area contributed by atoms with Crippen LogP contribution in [0.3, 0.4) is 0 Å². The maximum absolute atomic E-state index is 16.2. The lowest BCUT2D eigenvalue weighted by molar-refractivity contribution is -0.523. The van der Waals surface area contributed by atoms with Crippen LogP contribution in [0, 0.1) is 0 Å². The molecule has 1 unspecified atom stereocenters. The summed E-state index contributed by atoms with van der Waals surface area (Å²) in [7, 11) is 0. The lowest BCUT2D eigenvalue weighted by atomic mass is 9.79. The molecule has 0 radical (unpaired) electrons. The number of hydrogen-bond donors (Lipinski definition) is 14. The highest BCUT2D eigenvalue weighted by molar-refractivity contribution is 6.09. The van der Waals surface area contributed by atoms with Crippen molar-refractivity contribution in [2.45, 2.75) is 165 Å². The monoisotopic (exact) mass is 1650 g/mol. The van der Waals surface area contributed by atoms with Crippen molar-refractivity contribution >= 4 is 82.0 Å². The van der Waals surface area contributed by atoms with Gasteiger partial charge >= 0.3 is 0 Å². The van der Waals surface area contributed by atoms with E-state index in [1.807, 2.05) is 12.1 Å². The minimum Gasteiger partial charge on any atom is -1.00 e. The fourth-order valence-electron chi connectivity index (χ4n) is 18.5. The van der Waals surface area contributed by atoms with Crippen molar-refractivity contribution in [2.24, 2.45) is 0 Å². The Balaban J connectivity index is 0.0000118. The van der Waals surface area contributed by atoms with Crippen LogP contribution in [0.15, 0.2) is 133 Å². The minimum absolute atomic E-state index is 0. The molecule has 8 bridgehead atoms. The van der Waals surface area contributed by atoms with E-state index in [4.69, 9.17) is 4.74 Å². The Labute approximate surface area is 704 Å². The van der Waals surface area contributed by atoms with E-state index in [1.165, 1.54) is 54.2 Å². The van der Waals surface area contributed by atoms with Crippen LogP contribution in [0.1, 0.15) is 223 Å². The number of anilines is 1. The first-order chi connectivity index (χ1) is 57.8. The van der Waals surface area contributed by atoms with E-state index >= 15 is 33.6 Å². The Kier molecular flexibility index (Phi) is 27.2. The summed E-state index contributed by atoms with van der Waals surface area (Å²) in [5.41, 5.74) is 6.54. The normalized spacial score (nSPS) is 24.9. The number of halogens is 1. The second kappa shape index (κ2) is 38.4. The van der Waals surface area contributed by atoms with Crippen LogP contribution in [0.25, 0.3) is 5.57 Å². The van der Waals surface area contributed by atoms with Crippen LogP contribution >= 0.6 is 0 Å². The maximum atomic E-state index is 16.2. The smallest absolute Gasteiger partial charge is 0.254 e. The zero-order valence-corrected chi connectivity index (χ0v) is 69.0. The molecular formula is C90H108ClN17O12. The predicted octanol–water partition coefficient (Wildman–Crippen LogP) is 1.58. The van der Waals surface area contributed by atoms with Gasteiger partial charge in [0.2, 0.25) is 0 Å². The third kappa shape index (κ3) is 19.1. The molecule has 6 fully saturated rings. The third-order valence-electron chi connectivity index (χ3n) is 25.1. The Bertz CT molecular complexity index is 4630. The first kappa shape index (κ1) is 85.1. The first-order valence-corrected chi connectivity index (χ1v) is 42.5. The summed E-state index contributed by atoms with van der Waals surface area (Å²) in [5.74, 6) is -5.65. The number of hydrogen-bond acceptors (Lipinski definition) is 17. The highest BCUT2D eigenvalue weighted by atomic mass is 35.5. The zero-order chi connectivity index (χ0) is 83.0. The topological polar surface area (TPSA) is 375 Å². The van der Waals surface area contributed by atoms with E-state index in [0.29, 0.717) is 133 Å². The molecule has 5 saturated heterocycles. The van der Waals surface area contributed by atoms with Crippen LogP contribution in [0.2, 0.25) is 0 Å². The average molecular weight is 1660 g/mol. The van der Waals surface area contributed by atoms with E-state index in [2.05, 4.69) is 130 Å². The quantitative estimate of drug-likeness (QED) is 0.0819. The van der Waals surface area contributed by atoms with Gasteiger partial charge in [0.1, 0.15) is 24.9 Å². The molecule has 1 aliphatic carbocycles. The number of benzene rings is 6. The van der Waals surface area contributed by atoms with Crippen LogP contribution in [-0.4, -0.2) is 238 Å². The maximum Gasteiger partial charge on any atom is 0.254 e. The van der Waals surface area contributed by atoms with Crippen LogP contribution in [0.4, 0.5) is 5.69 Å². The molecule has 0 aromatic heterocycles. The number of nitrogens with zero attached hydrogens (tertiary/aromatic N) is 3. The molecule has 0 spiro atoms. The summed E-state index contributed by atoms with van der Waals surface area (Å²) in [6.07, 6.45) is 4.97. The number of rotatable bonds is 11. The van der Waals surface area contributed by atoms with Crippen molar-refractivity contribution in [3.8, 4) is 5.75 Å². The van der Waals surface area contributed by atoms with E-state index in [0.717, 1.165) is 55.0 Å². The average Bonchev–Trinajstić information content (AvgIpc) is 1.07. The Hall–Kier alpha value is -11.4. The van der Waals surface area contributed by atoms with Crippen LogP contribution in [0.5, 0.6) is 5.75 Å². The molecule has 1 saturated carbocycles. The van der Waals surface area contributed by atoms with Gasteiger partial charge in [-0.05, 0) is 246 Å². The summed E-state index contributed by atoms with van der Waals surface area (Å²) in [6, 6.07) is 27.5. The Morgan fingerprint density at radius 1 is 0.417 bits per heavy atom. The summed E-state index contributed by atoms with van der Waals surface area (Å²) in [4.78, 5) is 169. The van der Waals surface area contributed by atoms with E-state index < -0.39 is 125 Å². The summed E-state index contributed by atoms with van der Waals surface area (Å²) in [6.45, 7) is 15.3. The predicted molar refractivity (Wildman–Crippen MR) is 450 cm³/mol. The molecule has 29 nitrogen and oxygen atoms in total.